The highest BCUT2D eigenvalue weighted by atomic mass is 35.5. The Hall–Kier alpha value is -2.47. The van der Waals surface area contributed by atoms with Crippen LogP contribution in [0.5, 0.6) is 0 Å². The van der Waals surface area contributed by atoms with Crippen LogP contribution in [0.2, 0.25) is 5.02 Å². The number of nitrogens with zero attached hydrogens (tertiary/aromatic N) is 1. The van der Waals surface area contributed by atoms with Crippen LogP contribution in [0.15, 0.2) is 36.5 Å². The zero-order valence-electron chi connectivity index (χ0n) is 9.93. The molecule has 0 saturated heterocycles. The minimum Gasteiger partial charge on any atom is -0.478 e. The van der Waals surface area contributed by atoms with Gasteiger partial charge in [-0.1, -0.05) is 17.7 Å². The topological polar surface area (TPSA) is 79.3 Å². The van der Waals surface area contributed by atoms with Crippen LogP contribution < -0.4 is 5.32 Å². The lowest BCUT2D eigenvalue weighted by Gasteiger charge is -2.06. The van der Waals surface area contributed by atoms with E-state index in [1.165, 1.54) is 30.3 Å². The maximum absolute atomic E-state index is 13.6. The van der Waals surface area contributed by atoms with Crippen LogP contribution in [0.25, 0.3) is 0 Å². The van der Waals surface area contributed by atoms with Gasteiger partial charge >= 0.3 is 5.97 Å². The van der Waals surface area contributed by atoms with Gasteiger partial charge in [0, 0.05) is 6.20 Å². The molecule has 2 N–H and O–H groups in total. The van der Waals surface area contributed by atoms with Crippen molar-refractivity contribution in [3.05, 3.63) is 58.5 Å². The molecule has 7 heteroatoms. The Labute approximate surface area is 118 Å². The number of halogens is 2. The zero-order valence-corrected chi connectivity index (χ0v) is 10.7. The number of pyridine rings is 1. The second-order valence-electron chi connectivity index (χ2n) is 3.79. The molecule has 0 atom stereocenters. The van der Waals surface area contributed by atoms with Gasteiger partial charge in [0.05, 0.1) is 16.1 Å². The third kappa shape index (κ3) is 2.92. The second-order valence-corrected chi connectivity index (χ2v) is 4.20. The molecule has 0 bridgehead atoms. The molecule has 0 aliphatic rings. The van der Waals surface area contributed by atoms with Gasteiger partial charge in [-0.15, -0.1) is 0 Å². The Morgan fingerprint density at radius 1 is 1.25 bits per heavy atom. The molecule has 1 aromatic carbocycles. The van der Waals surface area contributed by atoms with E-state index in [1.54, 1.807) is 0 Å². The number of aromatic carboxylic acids is 1. The molecule has 0 spiro atoms. The van der Waals surface area contributed by atoms with E-state index in [1.807, 2.05) is 0 Å². The van der Waals surface area contributed by atoms with E-state index in [0.29, 0.717) is 0 Å². The highest BCUT2D eigenvalue weighted by molar-refractivity contribution is 6.31. The van der Waals surface area contributed by atoms with Gasteiger partial charge in [0.1, 0.15) is 5.82 Å². The van der Waals surface area contributed by atoms with E-state index < -0.39 is 17.7 Å². The van der Waals surface area contributed by atoms with Crippen molar-refractivity contribution in [1.82, 2.24) is 4.98 Å². The Balaban J connectivity index is 2.19. The molecule has 1 amide bonds. The molecule has 1 aromatic heterocycles. The SMILES string of the molecule is O=C(O)c1ccc(NC(=O)c2cccc(Cl)c2F)nc1. The van der Waals surface area contributed by atoms with Gasteiger partial charge in [-0.3, -0.25) is 4.79 Å². The molecule has 102 valence electrons. The second kappa shape index (κ2) is 5.66. The van der Waals surface area contributed by atoms with Crippen molar-refractivity contribution >= 4 is 29.3 Å². The standard InChI is InChI=1S/C13H8ClFN2O3/c14-9-3-1-2-8(11(9)15)12(18)17-10-5-4-7(6-16-10)13(19)20/h1-6H,(H,19,20)(H,16,17,18). The molecule has 2 aromatic rings. The third-order valence-corrected chi connectivity index (χ3v) is 2.74. The van der Waals surface area contributed by atoms with Crippen LogP contribution in [-0.2, 0) is 0 Å². The molecule has 0 aliphatic heterocycles. The largest absolute Gasteiger partial charge is 0.478 e. The van der Waals surface area contributed by atoms with Gasteiger partial charge in [-0.2, -0.15) is 0 Å². The maximum atomic E-state index is 13.6. The van der Waals surface area contributed by atoms with Crippen LogP contribution in [0.1, 0.15) is 20.7 Å². The fourth-order valence-electron chi connectivity index (χ4n) is 1.46. The molecular weight excluding hydrogens is 287 g/mol. The number of benzene rings is 1. The van der Waals surface area contributed by atoms with Crippen LogP contribution >= 0.6 is 11.6 Å². The van der Waals surface area contributed by atoms with Crippen molar-refractivity contribution in [3.8, 4) is 0 Å². The predicted octanol–water partition coefficient (Wildman–Crippen LogP) is 2.82. The molecule has 20 heavy (non-hydrogen) atoms. The number of carboxylic acids is 1. The number of hydrogen-bond acceptors (Lipinski definition) is 3. The van der Waals surface area contributed by atoms with Crippen LogP contribution in [0, 0.1) is 5.82 Å². The highest BCUT2D eigenvalue weighted by Gasteiger charge is 2.14. The summed E-state index contributed by atoms with van der Waals surface area (Å²) in [5.74, 6) is -2.56. The number of carbonyl (C=O) groups excluding carboxylic acids is 1. The van der Waals surface area contributed by atoms with Gasteiger partial charge in [0.15, 0.2) is 5.82 Å². The molecule has 0 fully saturated rings. The summed E-state index contributed by atoms with van der Waals surface area (Å²) in [5.41, 5.74) is -0.237. The first kappa shape index (κ1) is 14.0. The molecule has 0 radical (unpaired) electrons. The Bertz CT molecular complexity index is 674. The fourth-order valence-corrected chi connectivity index (χ4v) is 1.63. The summed E-state index contributed by atoms with van der Waals surface area (Å²) < 4.78 is 13.6. The summed E-state index contributed by atoms with van der Waals surface area (Å²) in [6.45, 7) is 0. The minimum atomic E-state index is -1.13. The van der Waals surface area contributed by atoms with Gasteiger partial charge in [0.25, 0.3) is 5.91 Å². The number of hydrogen-bond donors (Lipinski definition) is 2. The molecule has 5 nitrogen and oxygen atoms in total. The van der Waals surface area contributed by atoms with Crippen molar-refractivity contribution in [2.24, 2.45) is 0 Å². The fraction of sp³-hybridized carbons (Fsp3) is 0. The van der Waals surface area contributed by atoms with Gasteiger partial charge in [-0.25, -0.2) is 14.2 Å². The van der Waals surface area contributed by atoms with Crippen molar-refractivity contribution in [2.45, 2.75) is 0 Å². The number of anilines is 1. The van der Waals surface area contributed by atoms with Crippen molar-refractivity contribution in [2.75, 3.05) is 5.32 Å². The normalized spacial score (nSPS) is 10.1. The summed E-state index contributed by atoms with van der Waals surface area (Å²) in [6.07, 6.45) is 1.09. The first-order valence-corrected chi connectivity index (χ1v) is 5.81. The number of carboxylic acid groups (broad SMARTS) is 1. The third-order valence-electron chi connectivity index (χ3n) is 2.45. The lowest BCUT2D eigenvalue weighted by Crippen LogP contribution is -2.15. The van der Waals surface area contributed by atoms with Crippen LogP contribution in [0.3, 0.4) is 0 Å². The monoisotopic (exact) mass is 294 g/mol. The first-order valence-electron chi connectivity index (χ1n) is 5.44. The summed E-state index contributed by atoms with van der Waals surface area (Å²) in [4.78, 5) is 26.2. The molecule has 0 aliphatic carbocycles. The van der Waals surface area contributed by atoms with E-state index in [9.17, 15) is 14.0 Å². The lowest BCUT2D eigenvalue weighted by molar-refractivity contribution is 0.0696. The summed E-state index contributed by atoms with van der Waals surface area (Å²) >= 11 is 5.58. The molecule has 0 unspecified atom stereocenters. The smallest absolute Gasteiger partial charge is 0.337 e. The lowest BCUT2D eigenvalue weighted by atomic mass is 10.2. The van der Waals surface area contributed by atoms with Crippen molar-refractivity contribution in [1.29, 1.82) is 0 Å². The van der Waals surface area contributed by atoms with E-state index in [0.717, 1.165) is 6.20 Å². The number of rotatable bonds is 3. The van der Waals surface area contributed by atoms with E-state index in [2.05, 4.69) is 10.3 Å². The van der Waals surface area contributed by atoms with Crippen molar-refractivity contribution in [3.63, 3.8) is 0 Å². The summed E-state index contributed by atoms with van der Waals surface area (Å²) in [6, 6.07) is 6.64. The van der Waals surface area contributed by atoms with Crippen LogP contribution in [-0.4, -0.2) is 22.0 Å². The molecule has 2 rings (SSSR count). The maximum Gasteiger partial charge on any atom is 0.337 e. The minimum absolute atomic E-state index is 0.0167. The van der Waals surface area contributed by atoms with Gasteiger partial charge < -0.3 is 10.4 Å². The zero-order chi connectivity index (χ0) is 14.7. The Morgan fingerprint density at radius 2 is 2.00 bits per heavy atom. The quantitative estimate of drug-likeness (QED) is 0.912. The summed E-state index contributed by atoms with van der Waals surface area (Å²) in [7, 11) is 0. The number of aromatic nitrogens is 1. The van der Waals surface area contributed by atoms with E-state index >= 15 is 0 Å². The highest BCUT2D eigenvalue weighted by Crippen LogP contribution is 2.18. The number of amides is 1. The molecule has 1 heterocycles. The Kier molecular flexibility index (Phi) is 3.95. The van der Waals surface area contributed by atoms with E-state index in [4.69, 9.17) is 16.7 Å². The molecular formula is C13H8ClFN2O3. The predicted molar refractivity (Wildman–Crippen MR) is 70.6 cm³/mol. The Morgan fingerprint density at radius 3 is 2.60 bits per heavy atom. The summed E-state index contributed by atoms with van der Waals surface area (Å²) in [5, 5.41) is 10.9. The average molecular weight is 295 g/mol. The first-order chi connectivity index (χ1) is 9.49. The van der Waals surface area contributed by atoms with E-state index in [-0.39, 0.29) is 22.0 Å². The average Bonchev–Trinajstić information content (AvgIpc) is 2.42. The number of nitrogens with one attached hydrogen (secondary N) is 1. The molecule has 0 saturated carbocycles. The van der Waals surface area contributed by atoms with Crippen LogP contribution in [0.4, 0.5) is 10.2 Å². The van der Waals surface area contributed by atoms with Gasteiger partial charge in [0.2, 0.25) is 0 Å². The number of carbonyl (C=O) groups is 2. The van der Waals surface area contributed by atoms with Gasteiger partial charge in [-0.05, 0) is 24.3 Å². The van der Waals surface area contributed by atoms with Crippen molar-refractivity contribution < 1.29 is 19.1 Å².